The number of rotatable bonds is 11. The Bertz CT molecular complexity index is 1460. The first-order chi connectivity index (χ1) is 17.3. The molecule has 4 rings (SSSR count). The molecule has 2 aromatic heterocycles. The quantitative estimate of drug-likeness (QED) is 0.237. The number of sulfone groups is 1. The van der Waals surface area contributed by atoms with E-state index in [9.17, 15) is 8.42 Å². The van der Waals surface area contributed by atoms with E-state index in [1.165, 1.54) is 12.4 Å². The number of aliphatic hydroxyl groups is 1. The van der Waals surface area contributed by atoms with Crippen molar-refractivity contribution in [2.24, 2.45) is 0 Å². The van der Waals surface area contributed by atoms with Crippen molar-refractivity contribution in [3.63, 3.8) is 0 Å². The van der Waals surface area contributed by atoms with E-state index >= 15 is 0 Å². The number of ether oxygens (including phenoxy) is 2. The Morgan fingerprint density at radius 3 is 2.65 bits per heavy atom. The van der Waals surface area contributed by atoms with Crippen molar-refractivity contribution in [3.05, 3.63) is 66.1 Å². The van der Waals surface area contributed by atoms with Crippen molar-refractivity contribution in [2.75, 3.05) is 25.1 Å². The minimum Gasteiger partial charge on any atom is -0.456 e. The molecule has 0 bridgehead atoms. The summed E-state index contributed by atoms with van der Waals surface area (Å²) in [5.74, 6) is 1.36. The Morgan fingerprint density at radius 1 is 1.11 bits per heavy atom. The summed E-state index contributed by atoms with van der Waals surface area (Å²) in [5, 5.41) is 12.0. The third-order valence-corrected chi connectivity index (χ3v) is 7.89. The standard InChI is InChI=1S/C25H27ClN4O5S.ClH/c1-17(2)36(32,33)20-5-3-4-19(15-20)35-23-7-6-18(14-21(23)26)29-25-24-22(27-16-28-25)8-9-30(24)10-12-34-13-11-31;/h3-9,14-17,31H,10-13H2,1-2H3,(H,27,28,29);1H. The maximum atomic E-state index is 12.5. The highest BCUT2D eigenvalue weighted by Gasteiger charge is 2.20. The van der Waals surface area contributed by atoms with Crippen molar-refractivity contribution < 1.29 is 23.0 Å². The van der Waals surface area contributed by atoms with Gasteiger partial charge in [0.15, 0.2) is 15.7 Å². The molecular weight excluding hydrogens is 539 g/mol. The third-order valence-electron chi connectivity index (χ3n) is 5.44. The summed E-state index contributed by atoms with van der Waals surface area (Å²) in [6, 6.07) is 13.5. The second kappa shape index (κ2) is 12.6. The number of hydrogen-bond acceptors (Lipinski definition) is 8. The first-order valence-electron chi connectivity index (χ1n) is 11.4. The van der Waals surface area contributed by atoms with Crippen LogP contribution < -0.4 is 10.1 Å². The number of nitrogens with one attached hydrogen (secondary N) is 1. The van der Waals surface area contributed by atoms with E-state index < -0.39 is 15.1 Å². The average molecular weight is 567 g/mol. The number of aliphatic hydroxyl groups excluding tert-OH is 1. The number of fused-ring (bicyclic) bond motifs is 1. The molecule has 0 aliphatic rings. The summed E-state index contributed by atoms with van der Waals surface area (Å²) in [4.78, 5) is 8.91. The van der Waals surface area contributed by atoms with Crippen molar-refractivity contribution >= 4 is 56.4 Å². The van der Waals surface area contributed by atoms with Crippen LogP contribution in [-0.2, 0) is 21.1 Å². The molecule has 0 radical (unpaired) electrons. The van der Waals surface area contributed by atoms with E-state index in [2.05, 4.69) is 15.3 Å². The zero-order valence-electron chi connectivity index (χ0n) is 20.3. The monoisotopic (exact) mass is 566 g/mol. The van der Waals surface area contributed by atoms with E-state index in [0.717, 1.165) is 11.0 Å². The molecule has 198 valence electrons. The Hall–Kier alpha value is -2.89. The number of benzene rings is 2. The van der Waals surface area contributed by atoms with Crippen LogP contribution in [0.3, 0.4) is 0 Å². The van der Waals surface area contributed by atoms with Gasteiger partial charge in [0.2, 0.25) is 0 Å². The van der Waals surface area contributed by atoms with Gasteiger partial charge in [0.25, 0.3) is 0 Å². The lowest BCUT2D eigenvalue weighted by atomic mass is 10.3. The molecule has 0 spiro atoms. The highest BCUT2D eigenvalue weighted by molar-refractivity contribution is 7.92. The molecule has 37 heavy (non-hydrogen) atoms. The van der Waals surface area contributed by atoms with Gasteiger partial charge in [-0.1, -0.05) is 17.7 Å². The van der Waals surface area contributed by atoms with E-state index in [4.69, 9.17) is 26.2 Å². The topological polar surface area (TPSA) is 116 Å². The Balaban J connectivity index is 0.00000380. The zero-order chi connectivity index (χ0) is 25.7. The van der Waals surface area contributed by atoms with E-state index in [1.807, 2.05) is 16.8 Å². The Morgan fingerprint density at radius 2 is 1.92 bits per heavy atom. The Kier molecular flexibility index (Phi) is 9.74. The molecule has 0 unspecified atom stereocenters. The molecule has 12 heteroatoms. The highest BCUT2D eigenvalue weighted by atomic mass is 35.5. The summed E-state index contributed by atoms with van der Waals surface area (Å²) in [7, 11) is -3.42. The first-order valence-corrected chi connectivity index (χ1v) is 13.3. The van der Waals surface area contributed by atoms with Crippen molar-refractivity contribution in [1.29, 1.82) is 0 Å². The number of aromatic nitrogens is 3. The fourth-order valence-electron chi connectivity index (χ4n) is 3.55. The minimum atomic E-state index is -3.42. The van der Waals surface area contributed by atoms with Crippen LogP contribution in [0.25, 0.3) is 11.0 Å². The summed E-state index contributed by atoms with van der Waals surface area (Å²) >= 11 is 6.49. The molecule has 0 saturated heterocycles. The van der Waals surface area contributed by atoms with Crippen LogP contribution in [0, 0.1) is 0 Å². The molecule has 0 saturated carbocycles. The van der Waals surface area contributed by atoms with Crippen LogP contribution in [0.1, 0.15) is 13.8 Å². The molecule has 0 aliphatic heterocycles. The highest BCUT2D eigenvalue weighted by Crippen LogP contribution is 2.34. The van der Waals surface area contributed by atoms with Crippen molar-refractivity contribution in [2.45, 2.75) is 30.5 Å². The second-order valence-corrected chi connectivity index (χ2v) is 11.2. The molecule has 2 N–H and O–H groups in total. The van der Waals surface area contributed by atoms with E-state index in [-0.39, 0.29) is 30.5 Å². The molecule has 9 nitrogen and oxygen atoms in total. The van der Waals surface area contributed by atoms with Crippen LogP contribution in [0.15, 0.2) is 66.0 Å². The molecule has 2 heterocycles. The van der Waals surface area contributed by atoms with E-state index in [1.54, 1.807) is 50.2 Å². The molecule has 2 aromatic carbocycles. The lowest BCUT2D eigenvalue weighted by Crippen LogP contribution is -2.13. The van der Waals surface area contributed by atoms with Gasteiger partial charge in [0.1, 0.15) is 23.3 Å². The van der Waals surface area contributed by atoms with Crippen molar-refractivity contribution in [3.8, 4) is 11.5 Å². The van der Waals surface area contributed by atoms with Crippen LogP contribution >= 0.6 is 24.0 Å². The van der Waals surface area contributed by atoms with Gasteiger partial charge >= 0.3 is 0 Å². The molecule has 0 amide bonds. The lowest BCUT2D eigenvalue weighted by Gasteiger charge is -2.13. The van der Waals surface area contributed by atoms with Crippen LogP contribution in [0.4, 0.5) is 11.5 Å². The number of nitrogens with zero attached hydrogens (tertiary/aromatic N) is 3. The van der Waals surface area contributed by atoms with Gasteiger partial charge in [-0.05, 0) is 56.3 Å². The summed E-state index contributed by atoms with van der Waals surface area (Å²) < 4.78 is 38.2. The van der Waals surface area contributed by atoms with Gasteiger partial charge in [-0.15, -0.1) is 12.4 Å². The summed E-state index contributed by atoms with van der Waals surface area (Å²) in [6.07, 6.45) is 3.39. The van der Waals surface area contributed by atoms with Gasteiger partial charge in [-0.3, -0.25) is 0 Å². The fourth-order valence-corrected chi connectivity index (χ4v) is 4.86. The largest absolute Gasteiger partial charge is 0.456 e. The van der Waals surface area contributed by atoms with Crippen LogP contribution in [0.5, 0.6) is 11.5 Å². The van der Waals surface area contributed by atoms with Gasteiger partial charge in [-0.2, -0.15) is 0 Å². The smallest absolute Gasteiger partial charge is 0.180 e. The molecular formula is C25H28Cl2N4O5S. The third kappa shape index (κ3) is 6.71. The predicted molar refractivity (Wildman–Crippen MR) is 146 cm³/mol. The van der Waals surface area contributed by atoms with E-state index in [0.29, 0.717) is 41.2 Å². The molecule has 4 aromatic rings. The fraction of sp³-hybridized carbons (Fsp3) is 0.280. The second-order valence-electron chi connectivity index (χ2n) is 8.24. The number of anilines is 2. The SMILES string of the molecule is CC(C)S(=O)(=O)c1cccc(Oc2ccc(Nc3ncnc4ccn(CCOCCO)c34)cc2Cl)c1.Cl. The van der Waals surface area contributed by atoms with Crippen LogP contribution in [0.2, 0.25) is 5.02 Å². The molecule has 0 atom stereocenters. The lowest BCUT2D eigenvalue weighted by molar-refractivity contribution is 0.0875. The molecule has 0 aliphatic carbocycles. The van der Waals surface area contributed by atoms with Crippen LogP contribution in [-0.4, -0.2) is 53.1 Å². The molecule has 0 fully saturated rings. The maximum Gasteiger partial charge on any atom is 0.180 e. The summed E-state index contributed by atoms with van der Waals surface area (Å²) in [5.41, 5.74) is 2.27. The zero-order valence-corrected chi connectivity index (χ0v) is 22.7. The summed E-state index contributed by atoms with van der Waals surface area (Å²) in [6.45, 7) is 4.55. The Labute approximate surface area is 226 Å². The number of hydrogen-bond donors (Lipinski definition) is 2. The maximum absolute atomic E-state index is 12.5. The normalized spacial score (nSPS) is 11.5. The van der Waals surface area contributed by atoms with Gasteiger partial charge in [0.05, 0.1) is 40.5 Å². The van der Waals surface area contributed by atoms with Gasteiger partial charge < -0.3 is 24.5 Å². The number of halogens is 2. The van der Waals surface area contributed by atoms with Gasteiger partial charge in [-0.25, -0.2) is 18.4 Å². The average Bonchev–Trinajstić information content (AvgIpc) is 3.28. The predicted octanol–water partition coefficient (Wildman–Crippen LogP) is 5.23. The van der Waals surface area contributed by atoms with Gasteiger partial charge in [0, 0.05) is 18.4 Å². The first kappa shape index (κ1) is 28.7. The minimum absolute atomic E-state index is 0. The van der Waals surface area contributed by atoms with Crippen molar-refractivity contribution in [1.82, 2.24) is 14.5 Å².